The van der Waals surface area contributed by atoms with Crippen molar-refractivity contribution in [2.45, 2.75) is 25.4 Å². The van der Waals surface area contributed by atoms with Gasteiger partial charge in [0.1, 0.15) is 6.10 Å². The second-order valence-corrected chi connectivity index (χ2v) is 4.61. The van der Waals surface area contributed by atoms with Crippen molar-refractivity contribution in [2.75, 3.05) is 39.8 Å². The van der Waals surface area contributed by atoms with Crippen LogP contribution in [0.25, 0.3) is 0 Å². The van der Waals surface area contributed by atoms with Gasteiger partial charge >= 0.3 is 5.97 Å². The normalized spacial score (nSPS) is 27.7. The molecule has 15 heavy (non-hydrogen) atoms. The standard InChI is InChI=1S/C11H20N2O2/c1-12-5-2-3-10(9-12)15-11(14)4-6-13-7-8-13/h10H,2-9H2,1H3. The summed E-state index contributed by atoms with van der Waals surface area (Å²) >= 11 is 0. The minimum atomic E-state index is -0.0257. The van der Waals surface area contributed by atoms with Crippen molar-refractivity contribution in [3.63, 3.8) is 0 Å². The van der Waals surface area contributed by atoms with Gasteiger partial charge in [0, 0.05) is 26.2 Å². The predicted octanol–water partition coefficient (Wildman–Crippen LogP) is 0.329. The Morgan fingerprint density at radius 2 is 2.20 bits per heavy atom. The molecule has 0 aromatic heterocycles. The van der Waals surface area contributed by atoms with Gasteiger partial charge in [-0.2, -0.15) is 0 Å². The largest absolute Gasteiger partial charge is 0.461 e. The van der Waals surface area contributed by atoms with Crippen LogP contribution in [0.1, 0.15) is 19.3 Å². The topological polar surface area (TPSA) is 32.5 Å². The van der Waals surface area contributed by atoms with Crippen molar-refractivity contribution in [3.05, 3.63) is 0 Å². The molecule has 0 amide bonds. The Bertz CT molecular complexity index is 229. The Kier molecular flexibility index (Phi) is 3.59. The van der Waals surface area contributed by atoms with Crippen LogP contribution in [0.3, 0.4) is 0 Å². The van der Waals surface area contributed by atoms with Gasteiger partial charge in [0.25, 0.3) is 0 Å². The maximum absolute atomic E-state index is 11.5. The number of carbonyl (C=O) groups excluding carboxylic acids is 1. The van der Waals surface area contributed by atoms with Gasteiger partial charge < -0.3 is 14.5 Å². The lowest BCUT2D eigenvalue weighted by Gasteiger charge is -2.29. The number of piperidine rings is 1. The highest BCUT2D eigenvalue weighted by Crippen LogP contribution is 2.13. The minimum absolute atomic E-state index is 0.0257. The van der Waals surface area contributed by atoms with Crippen LogP contribution in [-0.4, -0.2) is 61.6 Å². The summed E-state index contributed by atoms with van der Waals surface area (Å²) in [5.41, 5.74) is 0. The number of nitrogens with zero attached hydrogens (tertiary/aromatic N) is 2. The number of likely N-dealkylation sites (tertiary alicyclic amines) is 1. The molecular weight excluding hydrogens is 192 g/mol. The predicted molar refractivity (Wildman–Crippen MR) is 57.7 cm³/mol. The van der Waals surface area contributed by atoms with E-state index in [9.17, 15) is 4.79 Å². The van der Waals surface area contributed by atoms with Crippen LogP contribution >= 0.6 is 0 Å². The zero-order chi connectivity index (χ0) is 10.7. The average molecular weight is 212 g/mol. The fourth-order valence-corrected chi connectivity index (χ4v) is 2.00. The Hall–Kier alpha value is -0.610. The van der Waals surface area contributed by atoms with E-state index >= 15 is 0 Å². The summed E-state index contributed by atoms with van der Waals surface area (Å²) in [6.45, 7) is 5.21. The third kappa shape index (κ3) is 3.80. The van der Waals surface area contributed by atoms with Gasteiger partial charge in [-0.05, 0) is 26.4 Å². The van der Waals surface area contributed by atoms with Gasteiger partial charge in [-0.3, -0.25) is 4.79 Å². The first-order valence-electron chi connectivity index (χ1n) is 5.84. The molecule has 2 saturated heterocycles. The summed E-state index contributed by atoms with van der Waals surface area (Å²) in [5, 5.41) is 0. The second kappa shape index (κ2) is 4.94. The van der Waals surface area contributed by atoms with Crippen molar-refractivity contribution >= 4 is 5.97 Å². The summed E-state index contributed by atoms with van der Waals surface area (Å²) < 4.78 is 5.43. The van der Waals surface area contributed by atoms with Crippen molar-refractivity contribution in [2.24, 2.45) is 0 Å². The van der Waals surface area contributed by atoms with Crippen LogP contribution in [-0.2, 0) is 9.53 Å². The van der Waals surface area contributed by atoms with Gasteiger partial charge in [-0.25, -0.2) is 0 Å². The van der Waals surface area contributed by atoms with E-state index in [1.165, 1.54) is 0 Å². The highest BCUT2D eigenvalue weighted by Gasteiger charge is 2.22. The number of hydrogen-bond donors (Lipinski definition) is 0. The van der Waals surface area contributed by atoms with Gasteiger partial charge in [0.15, 0.2) is 0 Å². The van der Waals surface area contributed by atoms with E-state index in [0.29, 0.717) is 6.42 Å². The molecule has 0 aliphatic carbocycles. The number of likely N-dealkylation sites (N-methyl/N-ethyl adjacent to an activating group) is 1. The number of rotatable bonds is 4. The molecule has 1 unspecified atom stereocenters. The summed E-state index contributed by atoms with van der Waals surface area (Å²) in [7, 11) is 2.08. The quantitative estimate of drug-likeness (QED) is 0.496. The zero-order valence-electron chi connectivity index (χ0n) is 9.45. The molecule has 0 aromatic carbocycles. The monoisotopic (exact) mass is 212 g/mol. The Morgan fingerprint density at radius 3 is 2.87 bits per heavy atom. The molecule has 0 saturated carbocycles. The fourth-order valence-electron chi connectivity index (χ4n) is 2.00. The molecule has 1 atom stereocenters. The van der Waals surface area contributed by atoms with Gasteiger partial charge in [0.2, 0.25) is 0 Å². The van der Waals surface area contributed by atoms with Crippen LogP contribution in [0.15, 0.2) is 0 Å². The lowest BCUT2D eigenvalue weighted by molar-refractivity contribution is -0.151. The van der Waals surface area contributed by atoms with E-state index in [1.54, 1.807) is 0 Å². The molecule has 2 fully saturated rings. The smallest absolute Gasteiger partial charge is 0.307 e. The Balaban J connectivity index is 1.63. The molecule has 0 radical (unpaired) electrons. The maximum atomic E-state index is 11.5. The Morgan fingerprint density at radius 1 is 1.40 bits per heavy atom. The fraction of sp³-hybridized carbons (Fsp3) is 0.909. The van der Waals surface area contributed by atoms with Crippen molar-refractivity contribution < 1.29 is 9.53 Å². The highest BCUT2D eigenvalue weighted by molar-refractivity contribution is 5.69. The lowest BCUT2D eigenvalue weighted by atomic mass is 10.1. The molecule has 4 nitrogen and oxygen atoms in total. The number of hydrogen-bond acceptors (Lipinski definition) is 4. The van der Waals surface area contributed by atoms with E-state index in [0.717, 1.165) is 45.6 Å². The summed E-state index contributed by atoms with van der Waals surface area (Å²) in [5.74, 6) is -0.0257. The molecule has 0 bridgehead atoms. The molecule has 2 aliphatic heterocycles. The molecular formula is C11H20N2O2. The third-order valence-corrected chi connectivity index (χ3v) is 3.05. The van der Waals surface area contributed by atoms with Gasteiger partial charge in [-0.1, -0.05) is 0 Å². The zero-order valence-corrected chi connectivity index (χ0v) is 9.45. The highest BCUT2D eigenvalue weighted by atomic mass is 16.5. The second-order valence-electron chi connectivity index (χ2n) is 4.61. The molecule has 2 rings (SSSR count). The molecule has 86 valence electrons. The minimum Gasteiger partial charge on any atom is -0.461 e. The van der Waals surface area contributed by atoms with Crippen molar-refractivity contribution in [1.82, 2.24) is 9.80 Å². The Labute approximate surface area is 91.2 Å². The summed E-state index contributed by atoms with van der Waals surface area (Å²) in [6, 6.07) is 0. The molecule has 2 heterocycles. The van der Waals surface area contributed by atoms with E-state index < -0.39 is 0 Å². The third-order valence-electron chi connectivity index (χ3n) is 3.05. The van der Waals surface area contributed by atoms with Crippen LogP contribution in [0.5, 0.6) is 0 Å². The van der Waals surface area contributed by atoms with Crippen molar-refractivity contribution in [1.29, 1.82) is 0 Å². The number of ether oxygens (including phenoxy) is 1. The average Bonchev–Trinajstić information content (AvgIpc) is 2.98. The van der Waals surface area contributed by atoms with Crippen LogP contribution in [0.4, 0.5) is 0 Å². The van der Waals surface area contributed by atoms with E-state index in [1.807, 2.05) is 0 Å². The maximum Gasteiger partial charge on any atom is 0.307 e. The first kappa shape index (κ1) is 10.9. The summed E-state index contributed by atoms with van der Waals surface area (Å²) in [6.07, 6.45) is 2.85. The van der Waals surface area contributed by atoms with Crippen molar-refractivity contribution in [3.8, 4) is 0 Å². The lowest BCUT2D eigenvalue weighted by Crippen LogP contribution is -2.38. The van der Waals surface area contributed by atoms with Crippen LogP contribution in [0.2, 0.25) is 0 Å². The van der Waals surface area contributed by atoms with Gasteiger partial charge in [-0.15, -0.1) is 0 Å². The van der Waals surface area contributed by atoms with Gasteiger partial charge in [0.05, 0.1) is 6.42 Å². The van der Waals surface area contributed by atoms with E-state index in [2.05, 4.69) is 16.8 Å². The molecule has 0 spiro atoms. The van der Waals surface area contributed by atoms with E-state index in [4.69, 9.17) is 4.74 Å². The van der Waals surface area contributed by atoms with Crippen LogP contribution < -0.4 is 0 Å². The molecule has 2 aliphatic rings. The number of carbonyl (C=O) groups is 1. The molecule has 0 aromatic rings. The molecule has 0 N–H and O–H groups in total. The number of esters is 1. The summed E-state index contributed by atoms with van der Waals surface area (Å²) in [4.78, 5) is 16.0. The first-order chi connectivity index (χ1) is 7.24. The van der Waals surface area contributed by atoms with E-state index in [-0.39, 0.29) is 12.1 Å². The first-order valence-corrected chi connectivity index (χ1v) is 5.84. The van der Waals surface area contributed by atoms with Crippen LogP contribution in [0, 0.1) is 0 Å². The SMILES string of the molecule is CN1CCCC(OC(=O)CCN2CC2)C1. The molecule has 4 heteroatoms.